The highest BCUT2D eigenvalue weighted by molar-refractivity contribution is 8.00. The zero-order valence-electron chi connectivity index (χ0n) is 13.1. The average molecular weight is 325 g/mol. The summed E-state index contributed by atoms with van der Waals surface area (Å²) in [5, 5.41) is 2.90. The monoisotopic (exact) mass is 325 g/mol. The third-order valence-corrected chi connectivity index (χ3v) is 4.81. The molecule has 22 heavy (non-hydrogen) atoms. The van der Waals surface area contributed by atoms with E-state index < -0.39 is 0 Å². The van der Waals surface area contributed by atoms with Gasteiger partial charge in [-0.2, -0.15) is 0 Å². The van der Waals surface area contributed by atoms with E-state index in [1.807, 2.05) is 0 Å². The maximum atomic E-state index is 13.4. The summed E-state index contributed by atoms with van der Waals surface area (Å²) in [6, 6.07) is 6.54. The molecule has 1 N–H and O–H groups in total. The number of rotatable bonds is 7. The summed E-state index contributed by atoms with van der Waals surface area (Å²) in [5.74, 6) is -0.0443. The summed E-state index contributed by atoms with van der Waals surface area (Å²) in [6.07, 6.45) is 0.958. The number of halogens is 1. The van der Waals surface area contributed by atoms with Gasteiger partial charge in [-0.25, -0.2) is 4.39 Å². The van der Waals surface area contributed by atoms with Crippen LogP contribution in [0.3, 0.4) is 0 Å². The van der Waals surface area contributed by atoms with Gasteiger partial charge in [-0.05, 0) is 32.1 Å². The van der Waals surface area contributed by atoms with Crippen molar-refractivity contribution in [3.8, 4) is 0 Å². The highest BCUT2D eigenvalue weighted by atomic mass is 32.2. The van der Waals surface area contributed by atoms with Crippen molar-refractivity contribution in [3.63, 3.8) is 0 Å². The van der Waals surface area contributed by atoms with Gasteiger partial charge in [-0.1, -0.05) is 12.1 Å². The van der Waals surface area contributed by atoms with Crippen LogP contribution in [0.4, 0.5) is 4.39 Å². The molecule has 122 valence electrons. The highest BCUT2D eigenvalue weighted by Crippen LogP contribution is 2.20. The van der Waals surface area contributed by atoms with Crippen molar-refractivity contribution in [3.05, 3.63) is 30.1 Å². The van der Waals surface area contributed by atoms with E-state index in [2.05, 4.69) is 22.2 Å². The van der Waals surface area contributed by atoms with Crippen molar-refractivity contribution >= 4 is 17.7 Å². The van der Waals surface area contributed by atoms with Gasteiger partial charge >= 0.3 is 0 Å². The predicted octanol–water partition coefficient (Wildman–Crippen LogP) is 1.67. The molecular formula is C16H24FN3OS. The van der Waals surface area contributed by atoms with Gasteiger partial charge in [0.1, 0.15) is 5.82 Å². The first kappa shape index (κ1) is 17.2. The Morgan fingerprint density at radius 3 is 2.73 bits per heavy atom. The lowest BCUT2D eigenvalue weighted by Crippen LogP contribution is -2.45. The fraction of sp³-hybridized carbons (Fsp3) is 0.562. The molecule has 4 nitrogen and oxygen atoms in total. The number of likely N-dealkylation sites (N-methyl/N-ethyl adjacent to an activating group) is 1. The molecule has 1 amide bonds. The van der Waals surface area contributed by atoms with Gasteiger partial charge in [0.2, 0.25) is 5.91 Å². The molecule has 0 unspecified atom stereocenters. The molecule has 0 bridgehead atoms. The first-order valence-electron chi connectivity index (χ1n) is 7.70. The van der Waals surface area contributed by atoms with E-state index in [1.54, 1.807) is 18.2 Å². The molecule has 1 aliphatic heterocycles. The number of hydrogen-bond acceptors (Lipinski definition) is 4. The summed E-state index contributed by atoms with van der Waals surface area (Å²) in [4.78, 5) is 17.0. The number of hydrogen-bond donors (Lipinski definition) is 1. The summed E-state index contributed by atoms with van der Waals surface area (Å²) >= 11 is 1.24. The Balaban J connectivity index is 1.55. The lowest BCUT2D eigenvalue weighted by molar-refractivity contribution is -0.118. The lowest BCUT2D eigenvalue weighted by atomic mass is 10.3. The van der Waals surface area contributed by atoms with Gasteiger partial charge in [-0.3, -0.25) is 4.79 Å². The Hall–Kier alpha value is -1.11. The van der Waals surface area contributed by atoms with Crippen molar-refractivity contribution in [1.82, 2.24) is 15.1 Å². The molecule has 1 aromatic rings. The molecular weight excluding hydrogens is 301 g/mol. The minimum atomic E-state index is -0.268. The largest absolute Gasteiger partial charge is 0.355 e. The lowest BCUT2D eigenvalue weighted by Gasteiger charge is -2.32. The number of nitrogens with one attached hydrogen (secondary N) is 1. The second-order valence-electron chi connectivity index (χ2n) is 5.57. The first-order chi connectivity index (χ1) is 10.6. The average Bonchev–Trinajstić information content (AvgIpc) is 2.52. The molecule has 1 saturated heterocycles. The van der Waals surface area contributed by atoms with Crippen LogP contribution >= 0.6 is 11.8 Å². The Bertz CT molecular complexity index is 478. The van der Waals surface area contributed by atoms with Crippen LogP contribution < -0.4 is 5.32 Å². The smallest absolute Gasteiger partial charge is 0.230 e. The number of carbonyl (C=O) groups excluding carboxylic acids is 1. The fourth-order valence-electron chi connectivity index (χ4n) is 2.36. The summed E-state index contributed by atoms with van der Waals surface area (Å²) in [7, 11) is 2.14. The van der Waals surface area contributed by atoms with Crippen LogP contribution in [0.1, 0.15) is 6.42 Å². The van der Waals surface area contributed by atoms with Crippen molar-refractivity contribution in [2.75, 3.05) is 52.1 Å². The Morgan fingerprint density at radius 2 is 2.00 bits per heavy atom. The molecule has 2 rings (SSSR count). The molecule has 6 heteroatoms. The highest BCUT2D eigenvalue weighted by Gasteiger charge is 2.13. The topological polar surface area (TPSA) is 35.6 Å². The standard InChI is InChI=1S/C16H24FN3OS/c1-19-9-11-20(12-10-19)8-4-7-18-16(21)13-22-15-6-3-2-5-14(15)17/h2-3,5-6H,4,7-13H2,1H3,(H,18,21). The van der Waals surface area contributed by atoms with E-state index in [9.17, 15) is 9.18 Å². The predicted molar refractivity (Wildman–Crippen MR) is 88.7 cm³/mol. The molecule has 1 aliphatic rings. The van der Waals surface area contributed by atoms with E-state index >= 15 is 0 Å². The van der Waals surface area contributed by atoms with E-state index in [-0.39, 0.29) is 17.5 Å². The minimum Gasteiger partial charge on any atom is -0.355 e. The van der Waals surface area contributed by atoms with Gasteiger partial charge in [-0.15, -0.1) is 11.8 Å². The van der Waals surface area contributed by atoms with Gasteiger partial charge in [0.05, 0.1) is 5.75 Å². The van der Waals surface area contributed by atoms with Crippen LogP contribution in [0.5, 0.6) is 0 Å². The molecule has 1 fully saturated rings. The number of thioether (sulfide) groups is 1. The number of amides is 1. The van der Waals surface area contributed by atoms with E-state index in [0.717, 1.165) is 39.1 Å². The maximum Gasteiger partial charge on any atom is 0.230 e. The first-order valence-corrected chi connectivity index (χ1v) is 8.68. The van der Waals surface area contributed by atoms with Crippen LogP contribution in [0, 0.1) is 5.82 Å². The summed E-state index contributed by atoms with van der Waals surface area (Å²) < 4.78 is 13.4. The molecule has 0 radical (unpaired) electrons. The zero-order valence-corrected chi connectivity index (χ0v) is 13.9. The van der Waals surface area contributed by atoms with Crippen LogP contribution in [-0.4, -0.2) is 67.8 Å². The molecule has 0 aromatic heterocycles. The fourth-order valence-corrected chi connectivity index (χ4v) is 3.13. The van der Waals surface area contributed by atoms with Gasteiger partial charge in [0.15, 0.2) is 0 Å². The molecule has 0 spiro atoms. The minimum absolute atomic E-state index is 0.0355. The van der Waals surface area contributed by atoms with Crippen molar-refractivity contribution < 1.29 is 9.18 Å². The number of benzene rings is 1. The molecule has 0 saturated carbocycles. The van der Waals surface area contributed by atoms with Gasteiger partial charge in [0, 0.05) is 37.6 Å². The summed E-state index contributed by atoms with van der Waals surface area (Å²) in [5.41, 5.74) is 0. The van der Waals surface area contributed by atoms with Crippen LogP contribution in [0.25, 0.3) is 0 Å². The second kappa shape index (κ2) is 9.12. The van der Waals surface area contributed by atoms with Gasteiger partial charge < -0.3 is 15.1 Å². The normalized spacial score (nSPS) is 16.6. The third-order valence-electron chi connectivity index (χ3n) is 3.76. The van der Waals surface area contributed by atoms with E-state index in [1.165, 1.54) is 17.8 Å². The molecule has 0 aliphatic carbocycles. The summed E-state index contributed by atoms with van der Waals surface area (Å²) in [6.45, 7) is 6.15. The number of nitrogens with zero attached hydrogens (tertiary/aromatic N) is 2. The zero-order chi connectivity index (χ0) is 15.8. The Kier molecular flexibility index (Phi) is 7.15. The van der Waals surface area contributed by atoms with E-state index in [0.29, 0.717) is 11.4 Å². The van der Waals surface area contributed by atoms with Gasteiger partial charge in [0.25, 0.3) is 0 Å². The number of piperazine rings is 1. The maximum absolute atomic E-state index is 13.4. The van der Waals surface area contributed by atoms with Crippen molar-refractivity contribution in [1.29, 1.82) is 0 Å². The molecule has 1 aromatic carbocycles. The number of carbonyl (C=O) groups is 1. The Labute approximate surface area is 136 Å². The second-order valence-corrected chi connectivity index (χ2v) is 6.58. The van der Waals surface area contributed by atoms with E-state index in [4.69, 9.17) is 0 Å². The van der Waals surface area contributed by atoms with Crippen LogP contribution in [0.2, 0.25) is 0 Å². The Morgan fingerprint density at radius 1 is 1.27 bits per heavy atom. The van der Waals surface area contributed by atoms with Crippen LogP contribution in [-0.2, 0) is 4.79 Å². The van der Waals surface area contributed by atoms with Crippen molar-refractivity contribution in [2.24, 2.45) is 0 Å². The molecule has 0 atom stereocenters. The van der Waals surface area contributed by atoms with Crippen molar-refractivity contribution in [2.45, 2.75) is 11.3 Å². The quantitative estimate of drug-likeness (QED) is 0.611. The molecule has 1 heterocycles. The SMILES string of the molecule is CN1CCN(CCCNC(=O)CSc2ccccc2F)CC1. The third kappa shape index (κ3) is 5.94. The van der Waals surface area contributed by atoms with Crippen LogP contribution in [0.15, 0.2) is 29.2 Å².